The number of benzene rings is 2. The van der Waals surface area contributed by atoms with Crippen LogP contribution >= 0.6 is 0 Å². The number of amides is 2. The van der Waals surface area contributed by atoms with Gasteiger partial charge in [0, 0.05) is 37.9 Å². The summed E-state index contributed by atoms with van der Waals surface area (Å²) in [6.45, 7) is 4.64. The van der Waals surface area contributed by atoms with Crippen molar-refractivity contribution in [2.45, 2.75) is 6.92 Å². The number of anilines is 1. The molecule has 0 atom stereocenters. The summed E-state index contributed by atoms with van der Waals surface area (Å²) in [7, 11) is 0. The van der Waals surface area contributed by atoms with Gasteiger partial charge in [-0.2, -0.15) is 0 Å². The summed E-state index contributed by atoms with van der Waals surface area (Å²) in [5.41, 5.74) is 2.60. The second-order valence-corrected chi connectivity index (χ2v) is 6.91. The molecule has 1 heterocycles. The Labute approximate surface area is 164 Å². The molecule has 1 saturated heterocycles. The van der Waals surface area contributed by atoms with Gasteiger partial charge >= 0.3 is 0 Å². The molecule has 1 aliphatic heterocycles. The van der Waals surface area contributed by atoms with Crippen LogP contribution in [0.3, 0.4) is 0 Å². The van der Waals surface area contributed by atoms with Crippen molar-refractivity contribution in [3.05, 3.63) is 71.6 Å². The van der Waals surface area contributed by atoms with Gasteiger partial charge in [0.2, 0.25) is 11.8 Å². The normalized spacial score (nSPS) is 15.0. The highest BCUT2D eigenvalue weighted by molar-refractivity contribution is 5.93. The van der Waals surface area contributed by atoms with Crippen molar-refractivity contribution in [1.82, 2.24) is 9.80 Å². The third-order valence-corrected chi connectivity index (χ3v) is 4.62. The van der Waals surface area contributed by atoms with Crippen LogP contribution in [0.1, 0.15) is 11.1 Å². The van der Waals surface area contributed by atoms with Crippen LogP contribution in [0, 0.1) is 12.7 Å². The lowest BCUT2D eigenvalue weighted by Crippen LogP contribution is -2.50. The summed E-state index contributed by atoms with van der Waals surface area (Å²) < 4.78 is 13.2. The number of hydrogen-bond acceptors (Lipinski definition) is 3. The zero-order chi connectivity index (χ0) is 19.9. The number of piperazine rings is 1. The first-order valence-electron chi connectivity index (χ1n) is 9.31. The molecule has 2 aromatic rings. The van der Waals surface area contributed by atoms with Crippen LogP contribution < -0.4 is 5.32 Å². The molecule has 2 aromatic carbocycles. The van der Waals surface area contributed by atoms with Gasteiger partial charge in [0.05, 0.1) is 6.54 Å². The standard InChI is InChI=1S/C22H24FN3O2/c1-17-4-2-5-18(14-17)8-9-22(28)26-12-10-25(11-13-26)16-21(27)24-20-7-3-6-19(23)15-20/h2-9,14-15H,10-13,16H2,1H3,(H,24,27)/b9-8+. The third kappa shape index (κ3) is 5.76. The average Bonchev–Trinajstić information content (AvgIpc) is 2.67. The summed E-state index contributed by atoms with van der Waals surface area (Å²) in [5, 5.41) is 2.69. The molecule has 146 valence electrons. The number of halogens is 1. The fourth-order valence-corrected chi connectivity index (χ4v) is 3.14. The topological polar surface area (TPSA) is 52.7 Å². The smallest absolute Gasteiger partial charge is 0.246 e. The molecule has 1 N–H and O–H groups in total. The first-order valence-corrected chi connectivity index (χ1v) is 9.31. The number of carbonyl (C=O) groups excluding carboxylic acids is 2. The van der Waals surface area contributed by atoms with Crippen LogP contribution in [0.2, 0.25) is 0 Å². The predicted octanol–water partition coefficient (Wildman–Crippen LogP) is 2.93. The molecule has 0 radical (unpaired) electrons. The van der Waals surface area contributed by atoms with Gasteiger partial charge in [-0.25, -0.2) is 4.39 Å². The van der Waals surface area contributed by atoms with Gasteiger partial charge in [0.15, 0.2) is 0 Å². The molecule has 2 amide bonds. The number of hydrogen-bond donors (Lipinski definition) is 1. The lowest BCUT2D eigenvalue weighted by molar-refractivity contribution is -0.127. The average molecular weight is 381 g/mol. The Bertz CT molecular complexity index is 874. The fourth-order valence-electron chi connectivity index (χ4n) is 3.14. The monoisotopic (exact) mass is 381 g/mol. The predicted molar refractivity (Wildman–Crippen MR) is 108 cm³/mol. The van der Waals surface area contributed by atoms with E-state index in [0.29, 0.717) is 31.9 Å². The van der Waals surface area contributed by atoms with E-state index in [0.717, 1.165) is 11.1 Å². The molecule has 28 heavy (non-hydrogen) atoms. The summed E-state index contributed by atoms with van der Waals surface area (Å²) in [4.78, 5) is 28.3. The molecule has 1 aliphatic rings. The Balaban J connectivity index is 1.44. The summed E-state index contributed by atoms with van der Waals surface area (Å²) in [6, 6.07) is 13.8. The maximum absolute atomic E-state index is 13.2. The largest absolute Gasteiger partial charge is 0.337 e. The second-order valence-electron chi connectivity index (χ2n) is 6.91. The van der Waals surface area contributed by atoms with Gasteiger partial charge in [0.1, 0.15) is 5.82 Å². The van der Waals surface area contributed by atoms with Crippen molar-refractivity contribution in [3.8, 4) is 0 Å². The Kier molecular flexibility index (Phi) is 6.55. The minimum Gasteiger partial charge on any atom is -0.337 e. The first kappa shape index (κ1) is 19.8. The van der Waals surface area contributed by atoms with Crippen molar-refractivity contribution in [2.24, 2.45) is 0 Å². The van der Waals surface area contributed by atoms with Crippen molar-refractivity contribution in [2.75, 3.05) is 38.0 Å². The number of nitrogens with zero attached hydrogens (tertiary/aromatic N) is 2. The van der Waals surface area contributed by atoms with Gasteiger partial charge < -0.3 is 10.2 Å². The van der Waals surface area contributed by atoms with E-state index in [2.05, 4.69) is 5.32 Å². The van der Waals surface area contributed by atoms with Gasteiger partial charge in [0.25, 0.3) is 0 Å². The van der Waals surface area contributed by atoms with Crippen LogP contribution in [0.25, 0.3) is 6.08 Å². The second kappa shape index (κ2) is 9.28. The van der Waals surface area contributed by atoms with E-state index in [9.17, 15) is 14.0 Å². The van der Waals surface area contributed by atoms with Crippen LogP contribution in [0.5, 0.6) is 0 Å². The number of rotatable bonds is 5. The van der Waals surface area contributed by atoms with E-state index in [-0.39, 0.29) is 24.2 Å². The Morgan fingerprint density at radius 3 is 2.54 bits per heavy atom. The molecular formula is C22H24FN3O2. The molecule has 6 heteroatoms. The minimum atomic E-state index is -0.386. The highest BCUT2D eigenvalue weighted by Crippen LogP contribution is 2.10. The molecule has 0 aromatic heterocycles. The number of aryl methyl sites for hydroxylation is 1. The molecule has 0 bridgehead atoms. The fraction of sp³-hybridized carbons (Fsp3) is 0.273. The van der Waals surface area contributed by atoms with Crippen LogP contribution in [0.4, 0.5) is 10.1 Å². The zero-order valence-electron chi connectivity index (χ0n) is 15.9. The quantitative estimate of drug-likeness (QED) is 0.811. The highest BCUT2D eigenvalue weighted by Gasteiger charge is 2.21. The van der Waals surface area contributed by atoms with Gasteiger partial charge in [-0.1, -0.05) is 35.9 Å². The molecule has 0 saturated carbocycles. The van der Waals surface area contributed by atoms with E-state index in [1.165, 1.54) is 12.1 Å². The third-order valence-electron chi connectivity index (χ3n) is 4.62. The zero-order valence-corrected chi connectivity index (χ0v) is 15.9. The molecule has 0 spiro atoms. The van der Waals surface area contributed by atoms with E-state index in [4.69, 9.17) is 0 Å². The van der Waals surface area contributed by atoms with Gasteiger partial charge in [-0.05, 0) is 36.8 Å². The molecule has 3 rings (SSSR count). The molecule has 0 aliphatic carbocycles. The number of carbonyl (C=O) groups is 2. The van der Waals surface area contributed by atoms with Crippen LogP contribution in [-0.2, 0) is 9.59 Å². The Morgan fingerprint density at radius 1 is 1.07 bits per heavy atom. The summed E-state index contributed by atoms with van der Waals surface area (Å²) in [6.07, 6.45) is 3.43. The van der Waals surface area contributed by atoms with Crippen molar-refractivity contribution >= 4 is 23.6 Å². The minimum absolute atomic E-state index is 0.0228. The Hall–Kier alpha value is -2.99. The SMILES string of the molecule is Cc1cccc(/C=C/C(=O)N2CCN(CC(=O)Nc3cccc(F)c3)CC2)c1. The van der Waals surface area contributed by atoms with Crippen molar-refractivity contribution in [1.29, 1.82) is 0 Å². The van der Waals surface area contributed by atoms with Crippen LogP contribution in [0.15, 0.2) is 54.6 Å². The summed E-state index contributed by atoms with van der Waals surface area (Å²) in [5.74, 6) is -0.598. The maximum atomic E-state index is 13.2. The molecule has 5 nitrogen and oxygen atoms in total. The maximum Gasteiger partial charge on any atom is 0.246 e. The lowest BCUT2D eigenvalue weighted by atomic mass is 10.1. The lowest BCUT2D eigenvalue weighted by Gasteiger charge is -2.33. The van der Waals surface area contributed by atoms with Crippen LogP contribution in [-0.4, -0.2) is 54.3 Å². The Morgan fingerprint density at radius 2 is 1.82 bits per heavy atom. The first-order chi connectivity index (χ1) is 13.5. The molecular weight excluding hydrogens is 357 g/mol. The van der Waals surface area contributed by atoms with E-state index < -0.39 is 0 Å². The van der Waals surface area contributed by atoms with E-state index in [1.54, 1.807) is 23.1 Å². The number of nitrogens with one attached hydrogen (secondary N) is 1. The van der Waals surface area contributed by atoms with E-state index >= 15 is 0 Å². The van der Waals surface area contributed by atoms with Crippen molar-refractivity contribution < 1.29 is 14.0 Å². The summed E-state index contributed by atoms with van der Waals surface area (Å²) >= 11 is 0. The highest BCUT2D eigenvalue weighted by atomic mass is 19.1. The van der Waals surface area contributed by atoms with E-state index in [1.807, 2.05) is 42.2 Å². The van der Waals surface area contributed by atoms with Gasteiger partial charge in [-0.3, -0.25) is 14.5 Å². The van der Waals surface area contributed by atoms with Crippen molar-refractivity contribution in [3.63, 3.8) is 0 Å². The molecule has 0 unspecified atom stereocenters. The van der Waals surface area contributed by atoms with Gasteiger partial charge in [-0.15, -0.1) is 0 Å². The molecule has 1 fully saturated rings.